The van der Waals surface area contributed by atoms with E-state index < -0.39 is 0 Å². The Hall–Kier alpha value is 0.280. The van der Waals surface area contributed by atoms with E-state index in [9.17, 15) is 5.26 Å². The van der Waals surface area contributed by atoms with Gasteiger partial charge in [0.15, 0.2) is 0 Å². The number of nitriles is 1. The Balaban J connectivity index is 3.95. The summed E-state index contributed by atoms with van der Waals surface area (Å²) in [6, 6.07) is 2.50. The van der Waals surface area contributed by atoms with Crippen LogP contribution in [0.15, 0.2) is 0 Å². The Morgan fingerprint density at radius 1 is 1.09 bits per heavy atom. The Morgan fingerprint density at radius 2 is 1.59 bits per heavy atom. The molecule has 128 valence electrons. The smallest absolute Gasteiger partial charge is 0.101 e. The van der Waals surface area contributed by atoms with Gasteiger partial charge in [0.25, 0.3) is 0 Å². The molecule has 0 spiro atoms. The highest BCUT2D eigenvalue weighted by Crippen LogP contribution is 2.38. The van der Waals surface area contributed by atoms with Crippen LogP contribution in [-0.4, -0.2) is 8.78 Å². The van der Waals surface area contributed by atoms with Crippen molar-refractivity contribution < 1.29 is 0 Å². The minimum absolute atomic E-state index is 0.275. The van der Waals surface area contributed by atoms with Gasteiger partial charge in [-0.25, -0.2) is 0 Å². The zero-order valence-electron chi connectivity index (χ0n) is 14.6. The summed E-state index contributed by atoms with van der Waals surface area (Å²) in [4.78, 5) is 0. The minimum Gasteiger partial charge on any atom is -0.198 e. The summed E-state index contributed by atoms with van der Waals surface area (Å²) in [5, 5.41) is 9.76. The molecule has 0 aliphatic carbocycles. The van der Waals surface area contributed by atoms with Crippen molar-refractivity contribution in [1.82, 2.24) is 0 Å². The molecular weight excluding hydrogens is 326 g/mol. The van der Waals surface area contributed by atoms with E-state index in [0.717, 1.165) is 12.8 Å². The Bertz CT molecular complexity index is 338. The first-order valence-corrected chi connectivity index (χ1v) is 10.5. The maximum atomic E-state index is 9.48. The molecule has 2 unspecified atom stereocenters. The third kappa shape index (κ3) is 10.1. The zero-order valence-corrected chi connectivity index (χ0v) is 17.1. The van der Waals surface area contributed by atoms with Crippen LogP contribution in [0.5, 0.6) is 0 Å². The quantitative estimate of drug-likeness (QED) is 0.214. The maximum Gasteiger partial charge on any atom is 0.101 e. The lowest BCUT2D eigenvalue weighted by Gasteiger charge is -2.29. The van der Waals surface area contributed by atoms with Crippen molar-refractivity contribution >= 4 is 40.1 Å². The second kappa shape index (κ2) is 13.7. The van der Waals surface area contributed by atoms with Gasteiger partial charge in [-0.2, -0.15) is 5.26 Å². The maximum absolute atomic E-state index is 9.48. The Kier molecular flexibility index (Phi) is 13.9. The molecule has 2 atom stereocenters. The van der Waals surface area contributed by atoms with Crippen LogP contribution in [0.4, 0.5) is 0 Å². The van der Waals surface area contributed by atoms with Gasteiger partial charge in [0, 0.05) is 5.25 Å². The summed E-state index contributed by atoms with van der Waals surface area (Å²) >= 11 is 11.0. The second-order valence-corrected chi connectivity index (χ2v) is 9.30. The van der Waals surface area contributed by atoms with Crippen LogP contribution in [0.1, 0.15) is 91.4 Å². The van der Waals surface area contributed by atoms with Gasteiger partial charge in [0.05, 0.1) is 11.5 Å². The van der Waals surface area contributed by atoms with Gasteiger partial charge in [0.2, 0.25) is 0 Å². The lowest BCUT2D eigenvalue weighted by molar-refractivity contribution is 0.383. The molecule has 0 radical (unpaired) electrons. The summed E-state index contributed by atoms with van der Waals surface area (Å²) in [6.45, 7) is 6.41. The molecule has 1 nitrogen and oxygen atoms in total. The predicted molar refractivity (Wildman–Crippen MR) is 109 cm³/mol. The van der Waals surface area contributed by atoms with E-state index >= 15 is 0 Å². The molecule has 0 rings (SSSR count). The lowest BCUT2D eigenvalue weighted by atomic mass is 9.83. The van der Waals surface area contributed by atoms with Crippen molar-refractivity contribution in [2.24, 2.45) is 5.41 Å². The van der Waals surface area contributed by atoms with Gasteiger partial charge in [-0.1, -0.05) is 83.9 Å². The van der Waals surface area contributed by atoms with Gasteiger partial charge in [0.1, 0.15) is 3.53 Å². The molecule has 0 aliphatic rings. The highest BCUT2D eigenvalue weighted by Gasteiger charge is 2.33. The number of nitrogens with zero attached hydrogens (tertiary/aromatic N) is 1. The summed E-state index contributed by atoms with van der Waals surface area (Å²) in [7, 11) is 0. The molecule has 22 heavy (non-hydrogen) atoms. The third-order valence-electron chi connectivity index (χ3n) is 4.51. The van der Waals surface area contributed by atoms with E-state index in [1.165, 1.54) is 57.8 Å². The van der Waals surface area contributed by atoms with Crippen LogP contribution in [-0.2, 0) is 0 Å². The second-order valence-electron chi connectivity index (χ2n) is 6.37. The predicted octanol–water partition coefficient (Wildman–Crippen LogP) is 7.16. The summed E-state index contributed by atoms with van der Waals surface area (Å²) in [6.07, 6.45) is 14.0. The molecule has 0 heterocycles. The lowest BCUT2D eigenvalue weighted by Crippen LogP contribution is -2.28. The van der Waals surface area contributed by atoms with Crippen LogP contribution in [0, 0.1) is 16.7 Å². The van der Waals surface area contributed by atoms with Crippen LogP contribution < -0.4 is 0 Å². The third-order valence-corrected chi connectivity index (χ3v) is 6.36. The molecule has 0 saturated carbocycles. The summed E-state index contributed by atoms with van der Waals surface area (Å²) in [5.41, 5.74) is -0.294. The van der Waals surface area contributed by atoms with Crippen molar-refractivity contribution in [2.45, 2.75) is 96.7 Å². The monoisotopic (exact) mass is 359 g/mol. The first kappa shape index (κ1) is 22.3. The fourth-order valence-electron chi connectivity index (χ4n) is 2.65. The van der Waals surface area contributed by atoms with Gasteiger partial charge in [-0.05, 0) is 19.8 Å². The molecule has 0 aromatic carbocycles. The van der Waals surface area contributed by atoms with Gasteiger partial charge in [-0.15, -0.1) is 24.4 Å². The summed E-state index contributed by atoms with van der Waals surface area (Å²) in [5.74, 6) is 0. The average molecular weight is 360 g/mol. The molecule has 0 N–H and O–H groups in total. The SMILES string of the molecule is CCCCCCCCCCCC(SC(=S)S)C(C)(C#N)CC. The van der Waals surface area contributed by atoms with Gasteiger partial charge < -0.3 is 0 Å². The van der Waals surface area contributed by atoms with Crippen LogP contribution in [0.3, 0.4) is 0 Å². The number of thiol groups is 1. The first-order valence-electron chi connectivity index (χ1n) is 8.81. The highest BCUT2D eigenvalue weighted by atomic mass is 32.2. The first-order chi connectivity index (χ1) is 10.5. The fraction of sp³-hybridized carbons (Fsp3) is 0.889. The van der Waals surface area contributed by atoms with Crippen LogP contribution in [0.2, 0.25) is 0 Å². The van der Waals surface area contributed by atoms with E-state index in [4.69, 9.17) is 12.2 Å². The average Bonchev–Trinajstić information content (AvgIpc) is 2.51. The van der Waals surface area contributed by atoms with Crippen molar-refractivity contribution in [1.29, 1.82) is 5.26 Å². The number of rotatable bonds is 13. The molecule has 0 aliphatic heterocycles. The molecule has 0 amide bonds. The number of hydrogen-bond donors (Lipinski definition) is 1. The molecule has 0 bridgehead atoms. The number of unbranched alkanes of at least 4 members (excludes halogenated alkanes) is 8. The van der Waals surface area contributed by atoms with Crippen molar-refractivity contribution in [3.05, 3.63) is 0 Å². The molecule has 4 heteroatoms. The molecule has 0 fully saturated rings. The van der Waals surface area contributed by atoms with Crippen LogP contribution >= 0.6 is 36.6 Å². The number of thiocarbonyl (C=S) groups is 1. The van der Waals surface area contributed by atoms with E-state index in [1.807, 2.05) is 0 Å². The van der Waals surface area contributed by atoms with E-state index in [1.54, 1.807) is 11.8 Å². The standard InChI is InChI=1S/C18H33NS3/c1-4-6-7-8-9-10-11-12-13-14-16(22-17(20)21)18(3,5-2)15-19/h16H,4-14H2,1-3H3,(H,20,21). The van der Waals surface area contributed by atoms with Crippen LogP contribution in [0.25, 0.3) is 0 Å². The zero-order chi connectivity index (χ0) is 16.8. The minimum atomic E-state index is -0.294. The van der Waals surface area contributed by atoms with E-state index in [2.05, 4.69) is 39.5 Å². The molecular formula is C18H33NS3. The van der Waals surface area contributed by atoms with Crippen molar-refractivity contribution in [3.63, 3.8) is 0 Å². The normalized spacial score (nSPS) is 15.0. The molecule has 0 aromatic heterocycles. The van der Waals surface area contributed by atoms with E-state index in [-0.39, 0.29) is 10.7 Å². The van der Waals surface area contributed by atoms with Crippen molar-refractivity contribution in [2.75, 3.05) is 0 Å². The number of hydrogen-bond acceptors (Lipinski definition) is 3. The topological polar surface area (TPSA) is 23.8 Å². The number of thioether (sulfide) groups is 1. The highest BCUT2D eigenvalue weighted by molar-refractivity contribution is 8.41. The largest absolute Gasteiger partial charge is 0.198 e. The van der Waals surface area contributed by atoms with E-state index in [0.29, 0.717) is 3.53 Å². The van der Waals surface area contributed by atoms with Gasteiger partial charge >= 0.3 is 0 Å². The Labute approximate surface area is 153 Å². The molecule has 0 saturated heterocycles. The van der Waals surface area contributed by atoms with Gasteiger partial charge in [-0.3, -0.25) is 0 Å². The van der Waals surface area contributed by atoms with Crippen molar-refractivity contribution in [3.8, 4) is 6.07 Å². The molecule has 0 aromatic rings. The summed E-state index contributed by atoms with van der Waals surface area (Å²) < 4.78 is 0.663. The Morgan fingerprint density at radius 3 is 2.00 bits per heavy atom. The fourth-order valence-corrected chi connectivity index (χ4v) is 4.39.